The van der Waals surface area contributed by atoms with Crippen molar-refractivity contribution in [2.75, 3.05) is 13.2 Å². The normalized spacial score (nSPS) is 25.3. The fourth-order valence-corrected chi connectivity index (χ4v) is 0.566. The summed E-state index contributed by atoms with van der Waals surface area (Å²) in [5.41, 5.74) is 0. The highest BCUT2D eigenvalue weighted by molar-refractivity contribution is 4.43. The Labute approximate surface area is 41.8 Å². The Balaban J connectivity index is 2.12. The van der Waals surface area contributed by atoms with Crippen molar-refractivity contribution in [3.63, 3.8) is 0 Å². The molecule has 2 nitrogen and oxygen atoms in total. The number of nitrogens with zero attached hydrogens (tertiary/aromatic N) is 1. The molecule has 0 aromatic carbocycles. The van der Waals surface area contributed by atoms with Gasteiger partial charge < -0.3 is 0 Å². The van der Waals surface area contributed by atoms with Crippen molar-refractivity contribution < 1.29 is 9.32 Å². The van der Waals surface area contributed by atoms with E-state index >= 15 is 0 Å². The van der Waals surface area contributed by atoms with Gasteiger partial charge in [0.25, 0.3) is 0 Å². The number of hydroxylamine groups is 1. The molecule has 1 rings (SSSR count). The summed E-state index contributed by atoms with van der Waals surface area (Å²) < 4.78 is 11.8. The molecule has 0 bridgehead atoms. The van der Waals surface area contributed by atoms with E-state index in [9.17, 15) is 4.48 Å². The van der Waals surface area contributed by atoms with Gasteiger partial charge in [-0.2, -0.15) is 0 Å². The van der Waals surface area contributed by atoms with Crippen LogP contribution in [0.15, 0.2) is 0 Å². The highest BCUT2D eigenvalue weighted by atomic mass is 19.2. The summed E-state index contributed by atoms with van der Waals surface area (Å²) in [4.78, 5) is 4.44. The van der Waals surface area contributed by atoms with Crippen molar-refractivity contribution in [3.05, 3.63) is 0 Å². The summed E-state index contributed by atoms with van der Waals surface area (Å²) in [6.07, 6.45) is 1.90. The van der Waals surface area contributed by atoms with Crippen molar-refractivity contribution in [1.82, 2.24) is 5.29 Å². The van der Waals surface area contributed by atoms with Crippen LogP contribution in [0.25, 0.3) is 0 Å². The van der Waals surface area contributed by atoms with E-state index in [1.807, 2.05) is 0 Å². The zero-order valence-electron chi connectivity index (χ0n) is 4.06. The minimum atomic E-state index is 0.392. The second kappa shape index (κ2) is 2.23. The molecule has 42 valence electrons. The summed E-state index contributed by atoms with van der Waals surface area (Å²) >= 11 is 0. The molecule has 0 aromatic heterocycles. The molecule has 0 aliphatic carbocycles. The van der Waals surface area contributed by atoms with E-state index in [0.29, 0.717) is 18.4 Å². The van der Waals surface area contributed by atoms with Crippen LogP contribution in [0.3, 0.4) is 0 Å². The van der Waals surface area contributed by atoms with Crippen molar-refractivity contribution in [3.8, 4) is 0 Å². The first-order valence-corrected chi connectivity index (χ1v) is 2.46. The molecule has 0 aromatic rings. The molecule has 0 saturated carbocycles. The summed E-state index contributed by atoms with van der Waals surface area (Å²) in [6, 6.07) is 0. The molecule has 0 amide bonds. The topological polar surface area (TPSA) is 12.5 Å². The SMILES string of the molecule is FN1CCCCO1. The summed E-state index contributed by atoms with van der Waals surface area (Å²) in [5.74, 6) is 0. The molecule has 1 saturated heterocycles. The summed E-state index contributed by atoms with van der Waals surface area (Å²) in [6.45, 7) is 0.969. The Hall–Kier alpha value is -0.150. The van der Waals surface area contributed by atoms with Crippen LogP contribution in [-0.2, 0) is 4.84 Å². The van der Waals surface area contributed by atoms with Crippen molar-refractivity contribution in [2.24, 2.45) is 0 Å². The molecule has 1 aliphatic heterocycles. The van der Waals surface area contributed by atoms with Gasteiger partial charge in [0.1, 0.15) is 0 Å². The van der Waals surface area contributed by atoms with Crippen LogP contribution in [0.4, 0.5) is 4.48 Å². The third-order valence-electron chi connectivity index (χ3n) is 0.960. The molecule has 0 spiro atoms. The van der Waals surface area contributed by atoms with E-state index in [1.54, 1.807) is 0 Å². The largest absolute Gasteiger partial charge is 0.270 e. The quantitative estimate of drug-likeness (QED) is 0.424. The maximum Gasteiger partial charge on any atom is 0.0714 e. The number of halogens is 1. The van der Waals surface area contributed by atoms with E-state index in [4.69, 9.17) is 0 Å². The molecular weight excluding hydrogens is 97.0 g/mol. The lowest BCUT2D eigenvalue weighted by atomic mass is 10.3. The molecule has 1 fully saturated rings. The number of hydrogen-bond acceptors (Lipinski definition) is 2. The summed E-state index contributed by atoms with van der Waals surface area (Å²) in [7, 11) is 0. The monoisotopic (exact) mass is 105 g/mol. The van der Waals surface area contributed by atoms with Gasteiger partial charge in [-0.05, 0) is 18.1 Å². The van der Waals surface area contributed by atoms with Crippen molar-refractivity contribution >= 4 is 0 Å². The third-order valence-corrected chi connectivity index (χ3v) is 0.960. The first-order chi connectivity index (χ1) is 3.39. The molecule has 1 heterocycles. The van der Waals surface area contributed by atoms with Crippen LogP contribution >= 0.6 is 0 Å². The maximum absolute atomic E-state index is 11.8. The zero-order chi connectivity index (χ0) is 5.11. The van der Waals surface area contributed by atoms with E-state index in [2.05, 4.69) is 4.84 Å². The maximum atomic E-state index is 11.8. The number of hydrogen-bond donors (Lipinski definition) is 0. The van der Waals surface area contributed by atoms with Gasteiger partial charge in [-0.3, -0.25) is 4.84 Å². The van der Waals surface area contributed by atoms with Crippen LogP contribution in [0.2, 0.25) is 0 Å². The predicted molar refractivity (Wildman–Crippen MR) is 23.0 cm³/mol. The first-order valence-electron chi connectivity index (χ1n) is 2.46. The van der Waals surface area contributed by atoms with Gasteiger partial charge in [0.05, 0.1) is 13.2 Å². The molecule has 0 N–H and O–H groups in total. The van der Waals surface area contributed by atoms with E-state index in [0.717, 1.165) is 12.8 Å². The molecule has 0 radical (unpaired) electrons. The minimum absolute atomic E-state index is 0.392. The lowest BCUT2D eigenvalue weighted by Gasteiger charge is -2.15. The first kappa shape index (κ1) is 5.00. The van der Waals surface area contributed by atoms with Crippen molar-refractivity contribution in [1.29, 1.82) is 0 Å². The van der Waals surface area contributed by atoms with Gasteiger partial charge in [-0.15, -0.1) is 4.48 Å². The molecule has 0 atom stereocenters. The molecule has 3 heteroatoms. The average molecular weight is 105 g/mol. The van der Waals surface area contributed by atoms with Gasteiger partial charge in [0.2, 0.25) is 0 Å². The number of rotatable bonds is 0. The Morgan fingerprint density at radius 3 is 2.57 bits per heavy atom. The highest BCUT2D eigenvalue weighted by Crippen LogP contribution is 2.04. The zero-order valence-corrected chi connectivity index (χ0v) is 4.06. The van der Waals surface area contributed by atoms with Crippen LogP contribution in [-0.4, -0.2) is 18.4 Å². The third kappa shape index (κ3) is 1.41. The summed E-state index contributed by atoms with van der Waals surface area (Å²) in [5, 5.41) is 0.392. The van der Waals surface area contributed by atoms with Gasteiger partial charge in [0.15, 0.2) is 0 Å². The molecule has 7 heavy (non-hydrogen) atoms. The van der Waals surface area contributed by atoms with Crippen LogP contribution in [0.5, 0.6) is 0 Å². The standard InChI is InChI=1S/C4H8FNO/c5-6-3-1-2-4-7-6/h1-4H2. The molecular formula is C4H8FNO. The average Bonchev–Trinajstić information content (AvgIpc) is 1.69. The fourth-order valence-electron chi connectivity index (χ4n) is 0.566. The van der Waals surface area contributed by atoms with E-state index in [-0.39, 0.29) is 0 Å². The lowest BCUT2D eigenvalue weighted by molar-refractivity contribution is -0.295. The molecule has 0 unspecified atom stereocenters. The Morgan fingerprint density at radius 2 is 2.29 bits per heavy atom. The highest BCUT2D eigenvalue weighted by Gasteiger charge is 2.07. The Bertz CT molecular complexity index is 53.7. The van der Waals surface area contributed by atoms with Gasteiger partial charge in [-0.1, -0.05) is 0 Å². The Morgan fingerprint density at radius 1 is 1.43 bits per heavy atom. The molecule has 1 aliphatic rings. The van der Waals surface area contributed by atoms with Gasteiger partial charge in [-0.25, -0.2) is 0 Å². The van der Waals surface area contributed by atoms with Crippen LogP contribution in [0.1, 0.15) is 12.8 Å². The minimum Gasteiger partial charge on any atom is -0.270 e. The van der Waals surface area contributed by atoms with Crippen LogP contribution < -0.4 is 0 Å². The fraction of sp³-hybridized carbons (Fsp3) is 1.00. The smallest absolute Gasteiger partial charge is 0.0714 e. The lowest BCUT2D eigenvalue weighted by Crippen LogP contribution is -2.21. The van der Waals surface area contributed by atoms with Crippen LogP contribution in [0, 0.1) is 0 Å². The van der Waals surface area contributed by atoms with Crippen molar-refractivity contribution in [2.45, 2.75) is 12.8 Å². The second-order valence-electron chi connectivity index (χ2n) is 1.58. The Kier molecular flexibility index (Phi) is 1.59. The van der Waals surface area contributed by atoms with Gasteiger partial charge >= 0.3 is 0 Å². The van der Waals surface area contributed by atoms with Gasteiger partial charge in [0, 0.05) is 0 Å². The van der Waals surface area contributed by atoms with E-state index in [1.165, 1.54) is 0 Å². The second-order valence-corrected chi connectivity index (χ2v) is 1.58. The predicted octanol–water partition coefficient (Wildman–Crippen LogP) is 0.898. The van der Waals surface area contributed by atoms with E-state index < -0.39 is 0 Å².